The molecule has 6 atom stereocenters. The average Bonchev–Trinajstić information content (AvgIpc) is 2.42. The fourth-order valence-electron chi connectivity index (χ4n) is 1.85. The molecule has 10 heteroatoms. The summed E-state index contributed by atoms with van der Waals surface area (Å²) in [6, 6.07) is 0. The van der Waals surface area contributed by atoms with E-state index in [1.807, 2.05) is 0 Å². The zero-order chi connectivity index (χ0) is 15.3. The normalized spacial score (nSPS) is 34.0. The van der Waals surface area contributed by atoms with Crippen LogP contribution in [-0.2, 0) is 14.3 Å². The molecule has 0 aromatic rings. The first-order valence-corrected chi connectivity index (χ1v) is 7.13. The third kappa shape index (κ3) is 5.94. The molecule has 8 nitrogen and oxygen atoms in total. The van der Waals surface area contributed by atoms with Gasteiger partial charge in [-0.3, -0.25) is 0 Å². The van der Waals surface area contributed by atoms with Crippen molar-refractivity contribution in [2.45, 2.75) is 42.4 Å². The van der Waals surface area contributed by atoms with Crippen LogP contribution in [0, 0.1) is 0 Å². The molecule has 0 amide bonds. The molecule has 1 saturated heterocycles. The van der Waals surface area contributed by atoms with Gasteiger partial charge in [0.2, 0.25) is 0 Å². The minimum atomic E-state index is -1.45. The van der Waals surface area contributed by atoms with Gasteiger partial charge in [0, 0.05) is 24.7 Å². The molecule has 0 aromatic carbocycles. The van der Waals surface area contributed by atoms with E-state index in [2.05, 4.69) is 0 Å². The summed E-state index contributed by atoms with van der Waals surface area (Å²) in [5.41, 5.74) is 0. The number of carbonyl (C=O) groups excluding carboxylic acids is 1. The topological polar surface area (TPSA) is 140 Å². The van der Waals surface area contributed by atoms with Crippen LogP contribution >= 0.6 is 11.8 Å². The standard InChI is InChI=1S/C11H20O8S.Na/c1-18-11-9(15)8(14)7(13)5(19-11)4-20-6(2-3-12)10(16)17;/h5-9,11-15H,2-4H2,1H3,(H,16,17);/q;+1/p-1/t5-,6?,7-,8-,9-,11+;/m0./s1. The smallest absolute Gasteiger partial charge is 0.549 e. The quantitative estimate of drug-likeness (QED) is 0.335. The summed E-state index contributed by atoms with van der Waals surface area (Å²) in [6.45, 7) is -0.304. The molecule has 0 bridgehead atoms. The Morgan fingerprint density at radius 2 is 1.95 bits per heavy atom. The molecule has 1 rings (SSSR count). The van der Waals surface area contributed by atoms with Crippen molar-refractivity contribution < 1.29 is 69.4 Å². The maximum Gasteiger partial charge on any atom is 1.00 e. The van der Waals surface area contributed by atoms with E-state index >= 15 is 0 Å². The fourth-order valence-corrected chi connectivity index (χ4v) is 2.95. The van der Waals surface area contributed by atoms with Gasteiger partial charge < -0.3 is 39.8 Å². The van der Waals surface area contributed by atoms with Gasteiger partial charge in [-0.2, -0.15) is 0 Å². The van der Waals surface area contributed by atoms with E-state index in [9.17, 15) is 25.2 Å². The first kappa shape index (κ1) is 21.6. The number of aliphatic carboxylic acids is 1. The Hall–Kier alpha value is 0.580. The van der Waals surface area contributed by atoms with Crippen molar-refractivity contribution in [1.82, 2.24) is 0 Å². The van der Waals surface area contributed by atoms with E-state index in [0.29, 0.717) is 0 Å². The Morgan fingerprint density at radius 1 is 1.33 bits per heavy atom. The Kier molecular flexibility index (Phi) is 10.7. The number of rotatable bonds is 7. The summed E-state index contributed by atoms with van der Waals surface area (Å²) >= 11 is 0.925. The van der Waals surface area contributed by atoms with Crippen molar-refractivity contribution in [3.63, 3.8) is 0 Å². The van der Waals surface area contributed by atoms with Crippen molar-refractivity contribution in [1.29, 1.82) is 0 Å². The number of carboxylic acids is 1. The van der Waals surface area contributed by atoms with Crippen molar-refractivity contribution in [3.05, 3.63) is 0 Å². The molecular weight excluding hydrogens is 315 g/mol. The molecule has 0 radical (unpaired) electrons. The number of aliphatic hydroxyl groups excluding tert-OH is 4. The van der Waals surface area contributed by atoms with E-state index in [1.54, 1.807) is 0 Å². The number of methoxy groups -OCH3 is 1. The van der Waals surface area contributed by atoms with Crippen LogP contribution in [0.5, 0.6) is 0 Å². The Bertz CT molecular complexity index is 319. The molecule has 0 aliphatic carbocycles. The SMILES string of the molecule is CO[C@@H]1O[C@@H](CSC(CCO)C(=O)[O-])[C@H](O)[C@H](O)[C@@H]1O.[Na+]. The van der Waals surface area contributed by atoms with E-state index in [4.69, 9.17) is 14.6 Å². The Morgan fingerprint density at radius 3 is 2.43 bits per heavy atom. The molecule has 1 fully saturated rings. The first-order valence-electron chi connectivity index (χ1n) is 6.08. The number of carboxylic acid groups (broad SMARTS) is 1. The van der Waals surface area contributed by atoms with Crippen LogP contribution in [0.25, 0.3) is 0 Å². The van der Waals surface area contributed by atoms with Gasteiger partial charge in [-0.1, -0.05) is 0 Å². The van der Waals surface area contributed by atoms with Crippen molar-refractivity contribution in [2.24, 2.45) is 0 Å². The summed E-state index contributed by atoms with van der Waals surface area (Å²) in [7, 11) is 1.28. The van der Waals surface area contributed by atoms with Crippen molar-refractivity contribution in [3.8, 4) is 0 Å². The predicted octanol–water partition coefficient (Wildman–Crippen LogP) is -6.32. The third-order valence-electron chi connectivity index (χ3n) is 3.02. The number of carbonyl (C=O) groups is 1. The second-order valence-corrected chi connectivity index (χ2v) is 5.64. The van der Waals surface area contributed by atoms with E-state index in [-0.39, 0.29) is 48.3 Å². The predicted molar refractivity (Wildman–Crippen MR) is 66.6 cm³/mol. The molecule has 118 valence electrons. The Labute approximate surface area is 148 Å². The van der Waals surface area contributed by atoms with Crippen LogP contribution in [0.3, 0.4) is 0 Å². The van der Waals surface area contributed by atoms with Gasteiger partial charge >= 0.3 is 29.6 Å². The number of hydrogen-bond donors (Lipinski definition) is 4. The summed E-state index contributed by atoms with van der Waals surface area (Å²) in [4.78, 5) is 10.8. The maximum atomic E-state index is 10.8. The van der Waals surface area contributed by atoms with Gasteiger partial charge in [0.1, 0.15) is 18.3 Å². The van der Waals surface area contributed by atoms with Gasteiger partial charge in [-0.05, 0) is 6.42 Å². The van der Waals surface area contributed by atoms with E-state index in [0.717, 1.165) is 11.8 Å². The Balaban J connectivity index is 0.00000400. The average molecular weight is 334 g/mol. The second kappa shape index (κ2) is 10.4. The summed E-state index contributed by atoms with van der Waals surface area (Å²) in [5.74, 6) is -1.28. The molecule has 1 aliphatic heterocycles. The molecule has 1 unspecified atom stereocenters. The monoisotopic (exact) mass is 334 g/mol. The molecular formula is C11H19NaO8S. The molecule has 0 aromatic heterocycles. The summed E-state index contributed by atoms with van der Waals surface area (Å²) < 4.78 is 10.1. The number of ether oxygens (including phenoxy) is 2. The summed E-state index contributed by atoms with van der Waals surface area (Å²) in [5, 5.41) is 47.6. The van der Waals surface area contributed by atoms with Crippen LogP contribution in [0.2, 0.25) is 0 Å². The second-order valence-electron chi connectivity index (χ2n) is 4.40. The zero-order valence-electron chi connectivity index (χ0n) is 11.9. The first-order chi connectivity index (χ1) is 9.42. The van der Waals surface area contributed by atoms with Gasteiger partial charge in [0.25, 0.3) is 0 Å². The van der Waals surface area contributed by atoms with Crippen molar-refractivity contribution >= 4 is 17.7 Å². The molecule has 1 aliphatic rings. The fraction of sp³-hybridized carbons (Fsp3) is 0.909. The van der Waals surface area contributed by atoms with Gasteiger partial charge in [-0.15, -0.1) is 11.8 Å². The molecule has 0 saturated carbocycles. The molecule has 1 heterocycles. The minimum absolute atomic E-state index is 0. The minimum Gasteiger partial charge on any atom is -0.549 e. The van der Waals surface area contributed by atoms with Gasteiger partial charge in [-0.25, -0.2) is 0 Å². The molecule has 4 N–H and O–H groups in total. The van der Waals surface area contributed by atoms with E-state index < -0.39 is 41.9 Å². The molecule has 21 heavy (non-hydrogen) atoms. The van der Waals surface area contributed by atoms with Crippen LogP contribution in [0.4, 0.5) is 0 Å². The number of thioether (sulfide) groups is 1. The van der Waals surface area contributed by atoms with Crippen LogP contribution in [0.1, 0.15) is 6.42 Å². The summed E-state index contributed by atoms with van der Waals surface area (Å²) in [6.07, 6.45) is -6.18. The zero-order valence-corrected chi connectivity index (χ0v) is 14.7. The largest absolute Gasteiger partial charge is 1.00 e. The van der Waals surface area contributed by atoms with Crippen LogP contribution in [-0.4, -0.2) is 81.8 Å². The van der Waals surface area contributed by atoms with Gasteiger partial charge in [0.05, 0.1) is 12.1 Å². The number of hydrogen-bond acceptors (Lipinski definition) is 9. The third-order valence-corrected chi connectivity index (χ3v) is 4.37. The number of aliphatic hydroxyl groups is 4. The van der Waals surface area contributed by atoms with Gasteiger partial charge in [0.15, 0.2) is 6.29 Å². The van der Waals surface area contributed by atoms with E-state index in [1.165, 1.54) is 7.11 Å². The maximum absolute atomic E-state index is 10.8. The van der Waals surface area contributed by atoms with Crippen LogP contribution in [0.15, 0.2) is 0 Å². The molecule has 0 spiro atoms. The van der Waals surface area contributed by atoms with Crippen molar-refractivity contribution in [2.75, 3.05) is 19.5 Å². The van der Waals surface area contributed by atoms with Crippen LogP contribution < -0.4 is 34.7 Å².